The number of benzene rings is 9. The molecular weight excluding hydrogens is 1640 g/mol. The fourth-order valence-electron chi connectivity index (χ4n) is 11.1. The van der Waals surface area contributed by atoms with Crippen LogP contribution in [0.5, 0.6) is 0 Å². The van der Waals surface area contributed by atoms with Crippen molar-refractivity contribution < 1.29 is 75.4 Å². The third kappa shape index (κ3) is 31.3. The second-order valence-electron chi connectivity index (χ2n) is 26.6. The first-order valence-corrected chi connectivity index (χ1v) is 41.3. The Morgan fingerprint density at radius 2 is 0.928 bits per heavy atom. The first kappa shape index (κ1) is 95.2. The van der Waals surface area contributed by atoms with Gasteiger partial charge in [-0.3, -0.25) is 58.0 Å². The van der Waals surface area contributed by atoms with Crippen LogP contribution in [0.3, 0.4) is 0 Å². The fourth-order valence-corrected chi connectivity index (χ4v) is 13.0. The molecule has 0 radical (unpaired) electrons. The predicted octanol–water partition coefficient (Wildman–Crippen LogP) is 15.9. The lowest BCUT2D eigenvalue weighted by Gasteiger charge is -2.18. The zero-order valence-electron chi connectivity index (χ0n) is 69.6. The van der Waals surface area contributed by atoms with Crippen LogP contribution in [0.4, 0.5) is 75.2 Å². The maximum Gasteiger partial charge on any atom is 0.432 e. The van der Waals surface area contributed by atoms with E-state index in [1.165, 1.54) is 27.0 Å². The number of urea groups is 5. The number of likely N-dealkylation sites (N-methyl/N-ethyl adjacent to an activating group) is 1. The normalized spacial score (nSPS) is 12.7. The van der Waals surface area contributed by atoms with Crippen LogP contribution in [0.2, 0.25) is 0 Å². The Morgan fingerprint density at radius 1 is 0.488 bits per heavy atom. The highest BCUT2D eigenvalue weighted by Crippen LogP contribution is 2.47. The van der Waals surface area contributed by atoms with Gasteiger partial charge < -0.3 is 51.2 Å². The largest absolute Gasteiger partial charge is 0.432 e. The molecule has 9 aromatic carbocycles. The molecule has 16 rings (SSSR count). The average molecular weight is 1740 g/mol. The quantitative estimate of drug-likeness (QED) is 0.0284. The first-order chi connectivity index (χ1) is 60.3. The maximum absolute atomic E-state index is 12.0. The summed E-state index contributed by atoms with van der Waals surface area (Å²) < 4.78 is 35.6. The number of hydrogen-bond acceptors (Lipinski definition) is 21. The number of carbonyl (C=O) groups excluding carboxylic acids is 11. The second kappa shape index (κ2) is 50.0. The van der Waals surface area contributed by atoms with Crippen LogP contribution in [0, 0.1) is 20.8 Å². The third-order valence-electron chi connectivity index (χ3n) is 16.8. The van der Waals surface area contributed by atoms with Crippen LogP contribution in [0.15, 0.2) is 294 Å². The Hall–Kier alpha value is -15.3. The van der Waals surface area contributed by atoms with E-state index in [1.807, 2.05) is 214 Å². The summed E-state index contributed by atoms with van der Waals surface area (Å²) in [6.45, 7) is 15.2. The van der Waals surface area contributed by atoms with Crippen LogP contribution in [-0.2, 0) is 28.0 Å². The highest BCUT2D eigenvalue weighted by Gasteiger charge is 2.35. The standard InChI is InChI=1S/C12H12N2O2.C10H9N3OS.C10H10N2O2.C10H8N2O2.C10H14N2O.C10H16NO3P.2C9H8N2O2.C9H10N2O/c1-8-11(9(2)16-14-8)12(15)13-10-6-4-3-5-7-10;1-7-9(15-13-12-7)10(14)11-8-5-3-2-4-6-8;1-11-7-9(13)12(10(11)14)8-5-3-2-4-6-8;13-10(9-6-7-11-14-9)12-8-4-2-1-3-5-8;1-8(2)11-10(13)12-9-6-4-3-5-7-9;1-3-13-15(12,14-4-2)11-10-8-6-5-7-9-10;12-8-6-11(9(13)10-8)7-4-2-1-3-5-7;12-8-6-10-9(13)11(8)7-4-2-1-3-5-7;12-9-10-6-7-11(9)8-4-2-1-3-5-8/h3-7H,1-2H3,(H,13,15);2-6H,1H3,(H,11,14);2-6H,7H2,1H3;1-7H,(H,12,13);3-8H,1-2H3,(H2,11,12,13);5-9H,3-4H2,1-2H3,(H,11,12);1-5H,6H2,(H,10,12,13);1-5H,6H2,(H,10,13);1-5H,6-7H2,(H,10,12). The molecule has 0 atom stereocenters. The van der Waals surface area contributed by atoms with E-state index < -0.39 is 7.75 Å². The van der Waals surface area contributed by atoms with Crippen LogP contribution >= 0.6 is 19.3 Å². The summed E-state index contributed by atoms with van der Waals surface area (Å²) in [7, 11) is -1.58. The molecule has 12 aromatic rings. The summed E-state index contributed by atoms with van der Waals surface area (Å²) in [5, 5.41) is 34.9. The number of hydrogen-bond donors (Lipinski definition) is 9. The highest BCUT2D eigenvalue weighted by atomic mass is 32.1. The van der Waals surface area contributed by atoms with Gasteiger partial charge in [0, 0.05) is 72.1 Å². The first-order valence-electron chi connectivity index (χ1n) is 39.0. The van der Waals surface area contributed by atoms with Crippen LogP contribution in [0.25, 0.3) is 0 Å². The van der Waals surface area contributed by atoms with Gasteiger partial charge in [-0.05, 0) is 169 Å². The van der Waals surface area contributed by atoms with E-state index in [2.05, 4.69) is 67.5 Å². The smallest absolute Gasteiger partial charge is 0.361 e. The zero-order valence-corrected chi connectivity index (χ0v) is 71.3. The number of carbonyl (C=O) groups is 11. The van der Waals surface area contributed by atoms with E-state index in [0.29, 0.717) is 52.2 Å². The summed E-state index contributed by atoms with van der Waals surface area (Å²) >= 11 is 1.10. The van der Waals surface area contributed by atoms with E-state index in [0.717, 1.165) is 69.3 Å². The number of amides is 16. The van der Waals surface area contributed by atoms with E-state index >= 15 is 0 Å². The molecule has 7 heterocycles. The van der Waals surface area contributed by atoms with Crippen molar-refractivity contribution >= 4 is 136 Å². The molecule has 3 aromatic heterocycles. The molecule has 4 aliphatic rings. The number of aromatic nitrogens is 4. The van der Waals surface area contributed by atoms with Gasteiger partial charge in [-0.25, -0.2) is 38.3 Å². The molecule has 16 amide bonds. The molecular formula is C89H95N18O16PS. The fraction of sp³-hybridized carbons (Fsp3) is 0.180. The van der Waals surface area contributed by atoms with Gasteiger partial charge in [0.05, 0.1) is 48.7 Å². The van der Waals surface area contributed by atoms with Crippen molar-refractivity contribution in [2.75, 3.05) is 98.9 Å². The predicted molar refractivity (Wildman–Crippen MR) is 479 cm³/mol. The van der Waals surface area contributed by atoms with Gasteiger partial charge in [-0.15, -0.1) is 5.10 Å². The molecule has 4 saturated heterocycles. The van der Waals surface area contributed by atoms with Gasteiger partial charge in [-0.2, -0.15) is 0 Å². The van der Waals surface area contributed by atoms with Crippen molar-refractivity contribution in [1.29, 1.82) is 0 Å². The summed E-state index contributed by atoms with van der Waals surface area (Å²) in [5.74, 6) is -0.557. The summed E-state index contributed by atoms with van der Waals surface area (Å²) in [6, 6.07) is 83.4. The lowest BCUT2D eigenvalue weighted by Crippen LogP contribution is -2.34. The minimum atomic E-state index is -3.19. The zero-order chi connectivity index (χ0) is 89.9. The molecule has 648 valence electrons. The maximum atomic E-state index is 12.0. The number of aryl methyl sites for hydroxylation is 3. The van der Waals surface area contributed by atoms with Crippen molar-refractivity contribution in [3.63, 3.8) is 0 Å². The van der Waals surface area contributed by atoms with Crippen molar-refractivity contribution in [3.05, 3.63) is 319 Å². The molecule has 9 N–H and O–H groups in total. The molecule has 0 bridgehead atoms. The molecule has 0 unspecified atom stereocenters. The molecule has 4 fully saturated rings. The summed E-state index contributed by atoms with van der Waals surface area (Å²) in [4.78, 5) is 132. The second-order valence-corrected chi connectivity index (χ2v) is 29.1. The Balaban J connectivity index is 0.000000174. The Bertz CT molecular complexity index is 5420. The Kier molecular flexibility index (Phi) is 38.1. The minimum absolute atomic E-state index is 0.00111. The van der Waals surface area contributed by atoms with Crippen molar-refractivity contribution in [2.45, 2.75) is 54.5 Å². The topological polar surface area (TPSA) is 426 Å². The Morgan fingerprint density at radius 3 is 1.30 bits per heavy atom. The number of nitrogens with one attached hydrogen (secondary N) is 9. The molecule has 4 aliphatic heterocycles. The lowest BCUT2D eigenvalue weighted by molar-refractivity contribution is -0.118. The lowest BCUT2D eigenvalue weighted by atomic mass is 10.2. The molecule has 0 spiro atoms. The van der Waals surface area contributed by atoms with Crippen molar-refractivity contribution in [1.82, 2.24) is 46.1 Å². The average Bonchev–Trinajstić information content (AvgIpc) is 1.67. The van der Waals surface area contributed by atoms with Gasteiger partial charge in [0.1, 0.15) is 29.3 Å². The molecule has 36 heteroatoms. The summed E-state index contributed by atoms with van der Waals surface area (Å²) in [5.41, 5.74) is 8.51. The van der Waals surface area contributed by atoms with Gasteiger partial charge >= 0.3 is 37.9 Å². The molecule has 125 heavy (non-hydrogen) atoms. The molecule has 34 nitrogen and oxygen atoms in total. The van der Waals surface area contributed by atoms with E-state index in [4.69, 9.17) is 18.1 Å². The van der Waals surface area contributed by atoms with E-state index in [-0.39, 0.29) is 97.0 Å². The van der Waals surface area contributed by atoms with E-state index in [9.17, 15) is 57.3 Å². The minimum Gasteiger partial charge on any atom is -0.361 e. The third-order valence-corrected chi connectivity index (χ3v) is 19.3. The van der Waals surface area contributed by atoms with Crippen LogP contribution in [-0.4, -0.2) is 149 Å². The number of para-hydroxylation sites is 9. The number of rotatable bonds is 18. The SMILES string of the molecule is CC(C)NC(=O)Nc1ccccc1.CCOP(=O)(Nc1ccccc1)OCC.CN1CC(=O)N(c2ccccc2)C1=O.Cc1nnsc1C(=O)Nc1ccccc1.Cc1noc(C)c1C(=O)Nc1ccccc1.O=C(Nc1ccccc1)c1ccno1.O=C1CN(c2ccccc2)C(=O)N1.O=C1CNC(=O)N1c1ccccc1.O=C1NCCN1c1ccccc1. The molecule has 0 aliphatic carbocycles. The summed E-state index contributed by atoms with van der Waals surface area (Å²) in [6.07, 6.45) is 1.43. The van der Waals surface area contributed by atoms with E-state index in [1.54, 1.807) is 119 Å². The van der Waals surface area contributed by atoms with Gasteiger partial charge in [0.2, 0.25) is 11.7 Å². The van der Waals surface area contributed by atoms with Gasteiger partial charge in [0.15, 0.2) is 0 Å². The van der Waals surface area contributed by atoms with Crippen LogP contribution in [0.1, 0.15) is 75.4 Å². The Labute approximate surface area is 725 Å². The number of anilines is 9. The van der Waals surface area contributed by atoms with Crippen LogP contribution < -0.4 is 67.2 Å². The van der Waals surface area contributed by atoms with Crippen molar-refractivity contribution in [3.8, 4) is 0 Å². The number of nitrogens with zero attached hydrogens (tertiary/aromatic N) is 9. The molecule has 0 saturated carbocycles. The number of imide groups is 3. The van der Waals surface area contributed by atoms with Gasteiger partial charge in [0.25, 0.3) is 29.5 Å². The van der Waals surface area contributed by atoms with Gasteiger partial charge in [-0.1, -0.05) is 179 Å². The highest BCUT2D eigenvalue weighted by molar-refractivity contribution is 7.55. The monoisotopic (exact) mass is 1730 g/mol. The van der Waals surface area contributed by atoms with Crippen molar-refractivity contribution in [2.24, 2.45) is 0 Å².